The second kappa shape index (κ2) is 9.27. The lowest BCUT2D eigenvalue weighted by Gasteiger charge is -2.07. The summed E-state index contributed by atoms with van der Waals surface area (Å²) in [6, 6.07) is 5.17. The Morgan fingerprint density at radius 3 is 2.63 bits per heavy atom. The number of benzene rings is 1. The van der Waals surface area contributed by atoms with Crippen LogP contribution in [0.15, 0.2) is 23.1 Å². The molecule has 1 N–H and O–H groups in total. The van der Waals surface area contributed by atoms with Gasteiger partial charge < -0.3 is 5.32 Å². The van der Waals surface area contributed by atoms with Crippen LogP contribution in [0.4, 0.5) is 0 Å². The SMILES string of the molecule is CCCCCCCCNC(=O)c1cc(S)ccc1Cl. The molecule has 1 amide bonds. The number of nitrogens with one attached hydrogen (secondary N) is 1. The Morgan fingerprint density at radius 1 is 1.21 bits per heavy atom. The molecule has 0 bridgehead atoms. The van der Waals surface area contributed by atoms with Gasteiger partial charge in [-0.25, -0.2) is 0 Å². The van der Waals surface area contributed by atoms with Gasteiger partial charge in [-0.1, -0.05) is 50.6 Å². The molecule has 0 heterocycles. The van der Waals surface area contributed by atoms with Gasteiger partial charge in [-0.3, -0.25) is 4.79 Å². The Kier molecular flexibility index (Phi) is 7.99. The number of carbonyl (C=O) groups is 1. The third-order valence-electron chi connectivity index (χ3n) is 3.01. The molecule has 0 radical (unpaired) electrons. The zero-order chi connectivity index (χ0) is 14.1. The first-order valence-electron chi connectivity index (χ1n) is 6.92. The van der Waals surface area contributed by atoms with Crippen molar-refractivity contribution in [1.29, 1.82) is 0 Å². The Balaban J connectivity index is 2.26. The first-order valence-corrected chi connectivity index (χ1v) is 7.74. The van der Waals surface area contributed by atoms with E-state index in [-0.39, 0.29) is 5.91 Å². The Hall–Kier alpha value is -0.670. The first-order chi connectivity index (χ1) is 9.15. The highest BCUT2D eigenvalue weighted by Crippen LogP contribution is 2.19. The molecule has 0 atom stereocenters. The average Bonchev–Trinajstić information content (AvgIpc) is 2.40. The van der Waals surface area contributed by atoms with Crippen molar-refractivity contribution >= 4 is 30.1 Å². The summed E-state index contributed by atoms with van der Waals surface area (Å²) in [6.45, 7) is 2.91. The summed E-state index contributed by atoms with van der Waals surface area (Å²) in [5, 5.41) is 3.37. The average molecular weight is 300 g/mol. The molecular weight excluding hydrogens is 278 g/mol. The summed E-state index contributed by atoms with van der Waals surface area (Å²) >= 11 is 10.2. The molecule has 4 heteroatoms. The van der Waals surface area contributed by atoms with Gasteiger partial charge in [-0.05, 0) is 24.6 Å². The van der Waals surface area contributed by atoms with Crippen LogP contribution in [0.25, 0.3) is 0 Å². The highest BCUT2D eigenvalue weighted by atomic mass is 35.5. The van der Waals surface area contributed by atoms with Crippen molar-refractivity contribution in [3.05, 3.63) is 28.8 Å². The van der Waals surface area contributed by atoms with Gasteiger partial charge in [-0.15, -0.1) is 12.6 Å². The lowest BCUT2D eigenvalue weighted by Crippen LogP contribution is -2.24. The predicted molar refractivity (Wildman–Crippen MR) is 84.4 cm³/mol. The largest absolute Gasteiger partial charge is 0.352 e. The number of hydrogen-bond acceptors (Lipinski definition) is 2. The van der Waals surface area contributed by atoms with Gasteiger partial charge in [-0.2, -0.15) is 0 Å². The minimum atomic E-state index is -0.116. The van der Waals surface area contributed by atoms with E-state index in [4.69, 9.17) is 11.6 Å². The normalized spacial score (nSPS) is 10.5. The van der Waals surface area contributed by atoms with Crippen LogP contribution in [0.2, 0.25) is 5.02 Å². The zero-order valence-corrected chi connectivity index (χ0v) is 13.1. The van der Waals surface area contributed by atoms with Crippen LogP contribution in [0.1, 0.15) is 55.8 Å². The molecule has 19 heavy (non-hydrogen) atoms. The molecule has 1 aromatic carbocycles. The third kappa shape index (κ3) is 6.35. The number of halogens is 1. The molecule has 0 spiro atoms. The molecular formula is C15H22ClNOS. The van der Waals surface area contributed by atoms with Crippen LogP contribution in [0.5, 0.6) is 0 Å². The molecule has 0 aliphatic heterocycles. The molecule has 0 saturated heterocycles. The molecule has 0 aromatic heterocycles. The number of amides is 1. The summed E-state index contributed by atoms with van der Waals surface area (Å²) in [7, 11) is 0. The van der Waals surface area contributed by atoms with Gasteiger partial charge in [0.1, 0.15) is 0 Å². The quantitative estimate of drug-likeness (QED) is 0.528. The van der Waals surface area contributed by atoms with Crippen LogP contribution in [-0.2, 0) is 0 Å². The maximum atomic E-state index is 11.9. The van der Waals surface area contributed by atoms with Crippen molar-refractivity contribution in [1.82, 2.24) is 5.32 Å². The smallest absolute Gasteiger partial charge is 0.252 e. The van der Waals surface area contributed by atoms with Gasteiger partial charge in [0.15, 0.2) is 0 Å². The third-order valence-corrected chi connectivity index (χ3v) is 3.62. The lowest BCUT2D eigenvalue weighted by atomic mass is 10.1. The fraction of sp³-hybridized carbons (Fsp3) is 0.533. The number of carbonyl (C=O) groups excluding carboxylic acids is 1. The van der Waals surface area contributed by atoms with Gasteiger partial charge >= 0.3 is 0 Å². The number of unbranched alkanes of at least 4 members (excludes halogenated alkanes) is 5. The Labute approximate surface area is 126 Å². The minimum absolute atomic E-state index is 0.116. The topological polar surface area (TPSA) is 29.1 Å². The molecule has 1 aromatic rings. The monoisotopic (exact) mass is 299 g/mol. The predicted octanol–water partition coefficient (Wildman–Crippen LogP) is 4.72. The summed E-state index contributed by atoms with van der Waals surface area (Å²) < 4.78 is 0. The van der Waals surface area contributed by atoms with E-state index in [1.54, 1.807) is 18.2 Å². The van der Waals surface area contributed by atoms with E-state index in [0.717, 1.165) is 11.3 Å². The molecule has 2 nitrogen and oxygen atoms in total. The second-order valence-electron chi connectivity index (χ2n) is 4.69. The van der Waals surface area contributed by atoms with E-state index in [1.165, 1.54) is 32.1 Å². The highest BCUT2D eigenvalue weighted by molar-refractivity contribution is 7.80. The second-order valence-corrected chi connectivity index (χ2v) is 5.61. The van der Waals surface area contributed by atoms with Gasteiger partial charge in [0.05, 0.1) is 10.6 Å². The van der Waals surface area contributed by atoms with Crippen molar-refractivity contribution < 1.29 is 4.79 Å². The van der Waals surface area contributed by atoms with Crippen LogP contribution in [-0.4, -0.2) is 12.5 Å². The standard InChI is InChI=1S/C15H22ClNOS/c1-2-3-4-5-6-7-10-17-15(18)13-11-12(19)8-9-14(13)16/h8-9,11,19H,2-7,10H2,1H3,(H,17,18). The van der Waals surface area contributed by atoms with Crippen molar-refractivity contribution in [3.63, 3.8) is 0 Å². The fourth-order valence-corrected chi connectivity index (χ4v) is 2.30. The number of hydrogen-bond donors (Lipinski definition) is 2. The van der Waals surface area contributed by atoms with Crippen molar-refractivity contribution in [2.75, 3.05) is 6.54 Å². The maximum Gasteiger partial charge on any atom is 0.252 e. The maximum absolute atomic E-state index is 11.9. The fourth-order valence-electron chi connectivity index (χ4n) is 1.89. The summed E-state index contributed by atoms with van der Waals surface area (Å²) in [4.78, 5) is 12.7. The lowest BCUT2D eigenvalue weighted by molar-refractivity contribution is 0.0953. The van der Waals surface area contributed by atoms with Gasteiger partial charge in [0.2, 0.25) is 0 Å². The van der Waals surface area contributed by atoms with Crippen molar-refractivity contribution in [2.45, 2.75) is 50.3 Å². The van der Waals surface area contributed by atoms with Crippen LogP contribution < -0.4 is 5.32 Å². The number of rotatable bonds is 8. The van der Waals surface area contributed by atoms with E-state index < -0.39 is 0 Å². The van der Waals surface area contributed by atoms with E-state index in [1.807, 2.05) is 0 Å². The summed E-state index contributed by atoms with van der Waals surface area (Å²) in [6.07, 6.45) is 7.29. The molecule has 106 valence electrons. The minimum Gasteiger partial charge on any atom is -0.352 e. The molecule has 1 rings (SSSR count). The van der Waals surface area contributed by atoms with E-state index in [2.05, 4.69) is 24.9 Å². The van der Waals surface area contributed by atoms with Crippen molar-refractivity contribution in [2.24, 2.45) is 0 Å². The number of thiol groups is 1. The molecule has 0 unspecified atom stereocenters. The van der Waals surface area contributed by atoms with E-state index in [0.29, 0.717) is 17.1 Å². The van der Waals surface area contributed by atoms with Crippen LogP contribution >= 0.6 is 24.2 Å². The molecule has 0 saturated carbocycles. The van der Waals surface area contributed by atoms with Crippen LogP contribution in [0, 0.1) is 0 Å². The summed E-state index contributed by atoms with van der Waals surface area (Å²) in [5.74, 6) is -0.116. The summed E-state index contributed by atoms with van der Waals surface area (Å²) in [5.41, 5.74) is 0.500. The van der Waals surface area contributed by atoms with E-state index >= 15 is 0 Å². The Morgan fingerprint density at radius 2 is 1.89 bits per heavy atom. The molecule has 0 aliphatic rings. The highest BCUT2D eigenvalue weighted by Gasteiger charge is 2.09. The van der Waals surface area contributed by atoms with Gasteiger partial charge in [0.25, 0.3) is 5.91 Å². The van der Waals surface area contributed by atoms with Gasteiger partial charge in [0, 0.05) is 11.4 Å². The Bertz CT molecular complexity index is 409. The van der Waals surface area contributed by atoms with Crippen LogP contribution in [0.3, 0.4) is 0 Å². The zero-order valence-electron chi connectivity index (χ0n) is 11.4. The van der Waals surface area contributed by atoms with Crippen molar-refractivity contribution in [3.8, 4) is 0 Å². The van der Waals surface area contributed by atoms with E-state index in [9.17, 15) is 4.79 Å². The molecule has 0 fully saturated rings. The first kappa shape index (κ1) is 16.4. The molecule has 0 aliphatic carbocycles.